The zero-order valence-corrected chi connectivity index (χ0v) is 9.32. The van der Waals surface area contributed by atoms with E-state index < -0.39 is 0 Å². The van der Waals surface area contributed by atoms with E-state index in [0.29, 0.717) is 5.25 Å². The summed E-state index contributed by atoms with van der Waals surface area (Å²) in [5.74, 6) is 0. The van der Waals surface area contributed by atoms with Crippen molar-refractivity contribution in [2.24, 2.45) is 0 Å². The van der Waals surface area contributed by atoms with Crippen LogP contribution in [-0.2, 0) is 0 Å². The Kier molecular flexibility index (Phi) is 3.61. The molecule has 0 heterocycles. The molecule has 0 N–H and O–H groups in total. The van der Waals surface area contributed by atoms with E-state index in [9.17, 15) is 0 Å². The molecule has 0 nitrogen and oxygen atoms in total. The molecule has 0 saturated carbocycles. The van der Waals surface area contributed by atoms with Gasteiger partial charge in [0.2, 0.25) is 0 Å². The van der Waals surface area contributed by atoms with Crippen LogP contribution in [0.25, 0.3) is 5.57 Å². The quantitative estimate of drug-likeness (QED) is 0.646. The summed E-state index contributed by atoms with van der Waals surface area (Å²) in [5.41, 5.74) is 2.36. The van der Waals surface area contributed by atoms with Gasteiger partial charge in [-0.3, -0.25) is 0 Å². The molecular weight excluding hydrogens is 176 g/mol. The van der Waals surface area contributed by atoms with E-state index in [-0.39, 0.29) is 0 Å². The molecule has 13 heavy (non-hydrogen) atoms. The molecule has 0 unspecified atom stereocenters. The fourth-order valence-corrected chi connectivity index (χ4v) is 1.93. The molecule has 1 aromatic rings. The average molecular weight is 192 g/mol. The number of allylic oxidation sites excluding steroid dienone is 1. The smallest absolute Gasteiger partial charge is 0.00749 e. The first kappa shape index (κ1) is 10.4. The van der Waals surface area contributed by atoms with Crippen LogP contribution in [0.1, 0.15) is 26.3 Å². The molecule has 70 valence electrons. The molecule has 0 spiro atoms. The highest BCUT2D eigenvalue weighted by atomic mass is 32.2. The zero-order valence-electron chi connectivity index (χ0n) is 8.50. The van der Waals surface area contributed by atoms with Crippen LogP contribution in [0.3, 0.4) is 0 Å². The first-order valence-corrected chi connectivity index (χ1v) is 5.40. The Bertz CT molecular complexity index is 282. The molecule has 0 radical (unpaired) electrons. The summed E-state index contributed by atoms with van der Waals surface area (Å²) in [5, 5.41) is 0.649. The molecule has 0 fully saturated rings. The maximum absolute atomic E-state index is 3.91. The molecular formula is C12H16S. The van der Waals surface area contributed by atoms with Crippen LogP contribution in [0.2, 0.25) is 0 Å². The summed E-state index contributed by atoms with van der Waals surface area (Å²) >= 11 is 1.89. The SMILES string of the molecule is C=C(C)c1ccc(SC(C)C)cc1. The summed E-state index contributed by atoms with van der Waals surface area (Å²) in [6.07, 6.45) is 0. The van der Waals surface area contributed by atoms with E-state index in [1.54, 1.807) is 0 Å². The number of benzene rings is 1. The lowest BCUT2D eigenvalue weighted by molar-refractivity contribution is 1.11. The number of hydrogen-bond acceptors (Lipinski definition) is 1. The molecule has 0 aliphatic carbocycles. The van der Waals surface area contributed by atoms with Gasteiger partial charge < -0.3 is 0 Å². The molecule has 0 aromatic heterocycles. The average Bonchev–Trinajstić information content (AvgIpc) is 2.04. The van der Waals surface area contributed by atoms with Crippen molar-refractivity contribution in [1.82, 2.24) is 0 Å². The summed E-state index contributed by atoms with van der Waals surface area (Å²) in [6, 6.07) is 8.59. The van der Waals surface area contributed by atoms with Gasteiger partial charge in [0.05, 0.1) is 0 Å². The van der Waals surface area contributed by atoms with Crippen molar-refractivity contribution in [3.8, 4) is 0 Å². The minimum atomic E-state index is 0.649. The monoisotopic (exact) mass is 192 g/mol. The van der Waals surface area contributed by atoms with Crippen molar-refractivity contribution in [2.45, 2.75) is 30.9 Å². The summed E-state index contributed by atoms with van der Waals surface area (Å²) in [4.78, 5) is 1.33. The van der Waals surface area contributed by atoms with Crippen LogP contribution >= 0.6 is 11.8 Å². The molecule has 0 bridgehead atoms. The highest BCUT2D eigenvalue weighted by Crippen LogP contribution is 2.24. The van der Waals surface area contributed by atoms with Crippen molar-refractivity contribution in [3.05, 3.63) is 36.4 Å². The van der Waals surface area contributed by atoms with E-state index in [1.807, 2.05) is 18.7 Å². The third-order valence-corrected chi connectivity index (χ3v) is 2.73. The fraction of sp³-hybridized carbons (Fsp3) is 0.333. The van der Waals surface area contributed by atoms with Crippen LogP contribution in [0.4, 0.5) is 0 Å². The lowest BCUT2D eigenvalue weighted by Crippen LogP contribution is -1.85. The number of hydrogen-bond donors (Lipinski definition) is 0. The Morgan fingerprint density at radius 1 is 1.23 bits per heavy atom. The van der Waals surface area contributed by atoms with E-state index in [0.717, 1.165) is 5.57 Å². The van der Waals surface area contributed by atoms with Crippen molar-refractivity contribution in [3.63, 3.8) is 0 Å². The van der Waals surface area contributed by atoms with E-state index in [2.05, 4.69) is 44.7 Å². The molecule has 0 saturated heterocycles. The van der Waals surface area contributed by atoms with Crippen molar-refractivity contribution in [1.29, 1.82) is 0 Å². The topological polar surface area (TPSA) is 0 Å². The van der Waals surface area contributed by atoms with Crippen LogP contribution in [0.15, 0.2) is 35.7 Å². The summed E-state index contributed by atoms with van der Waals surface area (Å²) < 4.78 is 0. The van der Waals surface area contributed by atoms with Gasteiger partial charge >= 0.3 is 0 Å². The summed E-state index contributed by atoms with van der Waals surface area (Å²) in [6.45, 7) is 10.4. The van der Waals surface area contributed by atoms with Crippen molar-refractivity contribution < 1.29 is 0 Å². The first-order valence-electron chi connectivity index (χ1n) is 4.52. The second-order valence-corrected chi connectivity index (χ2v) is 5.12. The Morgan fingerprint density at radius 2 is 1.77 bits per heavy atom. The van der Waals surface area contributed by atoms with Gasteiger partial charge in [0.1, 0.15) is 0 Å². The maximum Gasteiger partial charge on any atom is 0.00749 e. The van der Waals surface area contributed by atoms with Crippen LogP contribution in [0.5, 0.6) is 0 Å². The van der Waals surface area contributed by atoms with Gasteiger partial charge in [0.25, 0.3) is 0 Å². The Hall–Kier alpha value is -0.690. The molecule has 1 heteroatoms. The van der Waals surface area contributed by atoms with E-state index >= 15 is 0 Å². The number of rotatable bonds is 3. The second kappa shape index (κ2) is 4.52. The lowest BCUT2D eigenvalue weighted by Gasteiger charge is -2.05. The largest absolute Gasteiger partial charge is 0.123 e. The minimum Gasteiger partial charge on any atom is -0.123 e. The second-order valence-electron chi connectivity index (χ2n) is 3.47. The third-order valence-electron chi connectivity index (χ3n) is 1.72. The zero-order chi connectivity index (χ0) is 9.84. The fourth-order valence-electron chi connectivity index (χ4n) is 1.09. The minimum absolute atomic E-state index is 0.649. The first-order chi connectivity index (χ1) is 6.09. The van der Waals surface area contributed by atoms with Crippen molar-refractivity contribution >= 4 is 17.3 Å². The van der Waals surface area contributed by atoms with Gasteiger partial charge in [-0.1, -0.05) is 38.1 Å². The van der Waals surface area contributed by atoms with E-state index in [1.165, 1.54) is 10.5 Å². The lowest BCUT2D eigenvalue weighted by atomic mass is 10.1. The van der Waals surface area contributed by atoms with Gasteiger partial charge in [-0.15, -0.1) is 11.8 Å². The highest BCUT2D eigenvalue weighted by molar-refractivity contribution is 7.99. The summed E-state index contributed by atoms with van der Waals surface area (Å²) in [7, 11) is 0. The molecule has 0 atom stereocenters. The van der Waals surface area contributed by atoms with Crippen LogP contribution in [-0.4, -0.2) is 5.25 Å². The van der Waals surface area contributed by atoms with Crippen molar-refractivity contribution in [2.75, 3.05) is 0 Å². The predicted molar refractivity (Wildman–Crippen MR) is 62.1 cm³/mol. The Balaban J connectivity index is 2.75. The van der Waals surface area contributed by atoms with Gasteiger partial charge in [-0.05, 0) is 24.6 Å². The van der Waals surface area contributed by atoms with Gasteiger partial charge in [-0.25, -0.2) is 0 Å². The molecule has 0 amide bonds. The predicted octanol–water partition coefficient (Wildman–Crippen LogP) is 4.22. The van der Waals surface area contributed by atoms with Crippen LogP contribution < -0.4 is 0 Å². The molecule has 1 rings (SSSR count). The molecule has 0 aliphatic heterocycles. The number of thioether (sulfide) groups is 1. The normalized spacial score (nSPS) is 10.5. The molecule has 0 aliphatic rings. The van der Waals surface area contributed by atoms with Gasteiger partial charge in [0.15, 0.2) is 0 Å². The molecule has 1 aromatic carbocycles. The third kappa shape index (κ3) is 3.27. The van der Waals surface area contributed by atoms with Crippen LogP contribution in [0, 0.1) is 0 Å². The van der Waals surface area contributed by atoms with Gasteiger partial charge in [-0.2, -0.15) is 0 Å². The standard InChI is InChI=1S/C12H16S/c1-9(2)11-5-7-12(8-6-11)13-10(3)4/h5-8,10H,1H2,2-4H3. The Labute approximate surface area is 85.1 Å². The Morgan fingerprint density at radius 3 is 2.15 bits per heavy atom. The highest BCUT2D eigenvalue weighted by Gasteiger charge is 1.98. The van der Waals surface area contributed by atoms with Gasteiger partial charge in [0, 0.05) is 10.1 Å². The maximum atomic E-state index is 3.91. The van der Waals surface area contributed by atoms with E-state index in [4.69, 9.17) is 0 Å².